The fourth-order valence-corrected chi connectivity index (χ4v) is 2.48. The number of carbonyl (C=O) groups is 2. The van der Waals surface area contributed by atoms with Gasteiger partial charge in [-0.05, 0) is 37.1 Å². The second-order valence-electron chi connectivity index (χ2n) is 5.64. The van der Waals surface area contributed by atoms with Gasteiger partial charge in [-0.15, -0.1) is 0 Å². The van der Waals surface area contributed by atoms with Crippen LogP contribution < -0.4 is 5.32 Å². The average Bonchev–Trinajstić information content (AvgIpc) is 2.99. The zero-order valence-corrected chi connectivity index (χ0v) is 13.2. The molecule has 1 aromatic rings. The third-order valence-electron chi connectivity index (χ3n) is 3.77. The van der Waals surface area contributed by atoms with Crippen molar-refractivity contribution in [2.75, 3.05) is 11.9 Å². The molecule has 0 saturated carbocycles. The number of rotatable bonds is 4. The van der Waals surface area contributed by atoms with Gasteiger partial charge in [-0.2, -0.15) is 26.3 Å². The van der Waals surface area contributed by atoms with Crippen molar-refractivity contribution < 1.29 is 35.9 Å². The van der Waals surface area contributed by atoms with Gasteiger partial charge in [-0.3, -0.25) is 9.59 Å². The van der Waals surface area contributed by atoms with Crippen LogP contribution in [0.4, 0.5) is 32.0 Å². The van der Waals surface area contributed by atoms with E-state index < -0.39 is 35.6 Å². The van der Waals surface area contributed by atoms with Crippen molar-refractivity contribution in [3.63, 3.8) is 0 Å². The number of halogens is 6. The highest BCUT2D eigenvalue weighted by atomic mass is 19.4. The molecule has 0 bridgehead atoms. The lowest BCUT2D eigenvalue weighted by Gasteiger charge is -2.22. The normalized spacial score (nSPS) is 18.4. The van der Waals surface area contributed by atoms with Crippen LogP contribution in [0.2, 0.25) is 0 Å². The van der Waals surface area contributed by atoms with Gasteiger partial charge in [0.15, 0.2) is 0 Å². The van der Waals surface area contributed by atoms with E-state index in [1.807, 2.05) is 0 Å². The molecule has 1 aliphatic heterocycles. The summed E-state index contributed by atoms with van der Waals surface area (Å²) in [6, 6.07) is 2.98. The first-order chi connectivity index (χ1) is 12.0. The Kier molecular flexibility index (Phi) is 5.62. The fraction of sp³-hybridized carbons (Fsp3) is 0.375. The Morgan fingerprint density at radius 3 is 2.23 bits per heavy atom. The van der Waals surface area contributed by atoms with Crippen molar-refractivity contribution >= 4 is 17.4 Å². The summed E-state index contributed by atoms with van der Waals surface area (Å²) in [6.07, 6.45) is -7.36. The largest absolute Gasteiger partial charge is 0.454 e. The first-order valence-corrected chi connectivity index (χ1v) is 7.52. The topological polar surface area (TPSA) is 49.4 Å². The number of carbonyl (C=O) groups excluding carboxylic acids is 2. The minimum atomic E-state index is -4.99. The Morgan fingerprint density at radius 2 is 1.69 bits per heavy atom. The van der Waals surface area contributed by atoms with Gasteiger partial charge >= 0.3 is 12.4 Å². The molecule has 10 heteroatoms. The Balaban J connectivity index is 2.02. The summed E-state index contributed by atoms with van der Waals surface area (Å²) in [7, 11) is 0. The molecule has 1 atom stereocenters. The number of ketones is 1. The summed E-state index contributed by atoms with van der Waals surface area (Å²) in [4.78, 5) is 24.4. The number of benzene rings is 1. The molecule has 142 valence electrons. The van der Waals surface area contributed by atoms with E-state index in [2.05, 4.69) is 5.32 Å². The molecule has 1 saturated heterocycles. The molecule has 0 unspecified atom stereocenters. The van der Waals surface area contributed by atoms with E-state index in [9.17, 15) is 35.9 Å². The molecule has 1 N–H and O–H groups in total. The number of nitrogens with zero attached hydrogens (tertiary/aromatic N) is 1. The molecule has 0 radical (unpaired) electrons. The van der Waals surface area contributed by atoms with E-state index in [0.717, 1.165) is 30.5 Å². The predicted octanol–water partition coefficient (Wildman–Crippen LogP) is 3.75. The number of nitrogens with one attached hydrogen (secondary N) is 1. The quantitative estimate of drug-likeness (QED) is 0.639. The molecule has 1 aliphatic rings. The summed E-state index contributed by atoms with van der Waals surface area (Å²) >= 11 is 0. The molecule has 0 spiro atoms. The molecule has 0 aromatic heterocycles. The van der Waals surface area contributed by atoms with Crippen LogP contribution in [0.5, 0.6) is 0 Å². The summed E-state index contributed by atoms with van der Waals surface area (Å²) in [5.41, 5.74) is -0.739. The highest BCUT2D eigenvalue weighted by molar-refractivity contribution is 5.96. The van der Waals surface area contributed by atoms with Gasteiger partial charge in [-0.25, -0.2) is 0 Å². The van der Waals surface area contributed by atoms with Crippen molar-refractivity contribution in [2.24, 2.45) is 0 Å². The van der Waals surface area contributed by atoms with Crippen molar-refractivity contribution in [2.45, 2.75) is 31.2 Å². The number of amides is 1. The smallest absolute Gasteiger partial charge is 0.365 e. The summed E-state index contributed by atoms with van der Waals surface area (Å²) < 4.78 is 74.1. The van der Waals surface area contributed by atoms with Crippen LogP contribution in [-0.4, -0.2) is 35.4 Å². The van der Waals surface area contributed by atoms with Gasteiger partial charge in [0, 0.05) is 24.5 Å². The van der Waals surface area contributed by atoms with Crippen molar-refractivity contribution in [3.8, 4) is 0 Å². The molecule has 1 amide bonds. The summed E-state index contributed by atoms with van der Waals surface area (Å²) in [6.45, 7) is 0.284. The molecule has 4 nitrogen and oxygen atoms in total. The van der Waals surface area contributed by atoms with Crippen LogP contribution in [0.25, 0.3) is 0 Å². The highest BCUT2D eigenvalue weighted by Gasteiger charge is 2.37. The maximum Gasteiger partial charge on any atom is 0.454 e. The van der Waals surface area contributed by atoms with E-state index in [1.54, 1.807) is 0 Å². The lowest BCUT2D eigenvalue weighted by Crippen LogP contribution is -2.36. The Hall–Kier alpha value is -2.52. The van der Waals surface area contributed by atoms with E-state index in [4.69, 9.17) is 0 Å². The van der Waals surface area contributed by atoms with Crippen LogP contribution in [0.15, 0.2) is 36.5 Å². The predicted molar refractivity (Wildman–Crippen MR) is 80.0 cm³/mol. The zero-order chi connectivity index (χ0) is 19.5. The third-order valence-corrected chi connectivity index (χ3v) is 3.77. The molecule has 26 heavy (non-hydrogen) atoms. The van der Waals surface area contributed by atoms with Crippen molar-refractivity contribution in [1.29, 1.82) is 0 Å². The molecule has 1 aromatic carbocycles. The molecule has 2 rings (SSSR count). The number of likely N-dealkylation sites (tertiary alicyclic amines) is 1. The van der Waals surface area contributed by atoms with Gasteiger partial charge in [0.1, 0.15) is 6.04 Å². The number of hydrogen-bond acceptors (Lipinski definition) is 3. The second kappa shape index (κ2) is 7.38. The molecular formula is C16H14F6N2O2. The number of alkyl halides is 6. The first kappa shape index (κ1) is 19.8. The molecule has 1 fully saturated rings. The van der Waals surface area contributed by atoms with E-state index >= 15 is 0 Å². The molecular weight excluding hydrogens is 366 g/mol. The third kappa shape index (κ3) is 4.99. The summed E-state index contributed by atoms with van der Waals surface area (Å²) in [5.74, 6) is -2.61. The van der Waals surface area contributed by atoms with E-state index in [-0.39, 0.29) is 12.2 Å². The summed E-state index contributed by atoms with van der Waals surface area (Å²) in [5, 5.41) is 2.42. The van der Waals surface area contributed by atoms with Crippen molar-refractivity contribution in [3.05, 3.63) is 42.1 Å². The van der Waals surface area contributed by atoms with Gasteiger partial charge in [0.05, 0.1) is 5.56 Å². The van der Waals surface area contributed by atoms with Gasteiger partial charge in [0.25, 0.3) is 5.78 Å². The Labute approximate surface area is 144 Å². The second-order valence-corrected chi connectivity index (χ2v) is 5.64. The lowest BCUT2D eigenvalue weighted by molar-refractivity contribution is -0.165. The lowest BCUT2D eigenvalue weighted by atomic mass is 10.1. The highest BCUT2D eigenvalue weighted by Crippen LogP contribution is 2.30. The van der Waals surface area contributed by atoms with Crippen LogP contribution in [0.1, 0.15) is 18.4 Å². The number of anilines is 1. The SMILES string of the molecule is O=C(Nc1ccc(C(F)(F)F)cc1)[C@H]1CCCN1/C=C/C(=O)C(F)(F)F. The first-order valence-electron chi connectivity index (χ1n) is 7.52. The minimum absolute atomic E-state index is 0.130. The minimum Gasteiger partial charge on any atom is -0.365 e. The van der Waals surface area contributed by atoms with Crippen LogP contribution >= 0.6 is 0 Å². The van der Waals surface area contributed by atoms with E-state index in [0.29, 0.717) is 18.9 Å². The molecule has 0 aliphatic carbocycles. The van der Waals surface area contributed by atoms with Crippen LogP contribution in [-0.2, 0) is 15.8 Å². The van der Waals surface area contributed by atoms with Crippen LogP contribution in [0.3, 0.4) is 0 Å². The van der Waals surface area contributed by atoms with Crippen molar-refractivity contribution in [1.82, 2.24) is 4.90 Å². The average molecular weight is 380 g/mol. The Bertz CT molecular complexity index is 694. The maximum atomic E-state index is 12.5. The standard InChI is InChI=1S/C16H14F6N2O2/c17-15(18,19)10-3-5-11(6-4-10)23-14(26)12-2-1-8-24(12)9-7-13(25)16(20,21)22/h3-7,9,12H,1-2,8H2,(H,23,26)/b9-7+/t12-/m1/s1. The van der Waals surface area contributed by atoms with Gasteiger partial charge in [0.2, 0.25) is 5.91 Å². The maximum absolute atomic E-state index is 12.5. The monoisotopic (exact) mass is 380 g/mol. The van der Waals surface area contributed by atoms with Gasteiger partial charge in [-0.1, -0.05) is 0 Å². The Morgan fingerprint density at radius 1 is 1.08 bits per heavy atom. The zero-order valence-electron chi connectivity index (χ0n) is 13.2. The fourth-order valence-electron chi connectivity index (χ4n) is 2.48. The van der Waals surface area contributed by atoms with E-state index in [1.165, 1.54) is 4.90 Å². The van der Waals surface area contributed by atoms with Crippen LogP contribution in [0, 0.1) is 0 Å². The number of allylic oxidation sites excluding steroid dienone is 1. The number of hydrogen-bond donors (Lipinski definition) is 1. The van der Waals surface area contributed by atoms with Gasteiger partial charge < -0.3 is 10.2 Å². The molecule has 1 heterocycles.